The number of anilines is 2. The molecular weight excluding hydrogens is 296 g/mol. The van der Waals surface area contributed by atoms with Crippen LogP contribution in [0.4, 0.5) is 11.5 Å². The zero-order chi connectivity index (χ0) is 16.7. The first-order valence-electron chi connectivity index (χ1n) is 7.20. The van der Waals surface area contributed by atoms with Gasteiger partial charge in [0.25, 0.3) is 5.91 Å². The van der Waals surface area contributed by atoms with Crippen molar-refractivity contribution in [3.8, 4) is 0 Å². The van der Waals surface area contributed by atoms with Gasteiger partial charge in [-0.05, 0) is 18.6 Å². The summed E-state index contributed by atoms with van der Waals surface area (Å²) >= 11 is 0. The number of aromatic nitrogens is 2. The van der Waals surface area contributed by atoms with Crippen LogP contribution in [0, 0.1) is 0 Å². The number of hydrogen-bond acceptors (Lipinski definition) is 6. The van der Waals surface area contributed by atoms with Crippen LogP contribution in [0.2, 0.25) is 0 Å². The van der Waals surface area contributed by atoms with E-state index < -0.39 is 5.97 Å². The molecule has 2 N–H and O–H groups in total. The fraction of sp³-hybridized carbons (Fsp3) is 0.250. The summed E-state index contributed by atoms with van der Waals surface area (Å²) in [5.41, 5.74) is 1.18. The first-order valence-corrected chi connectivity index (χ1v) is 7.20. The second-order valence-corrected chi connectivity index (χ2v) is 4.70. The van der Waals surface area contributed by atoms with Crippen molar-refractivity contribution in [2.24, 2.45) is 0 Å². The van der Waals surface area contributed by atoms with E-state index in [0.29, 0.717) is 23.6 Å². The summed E-state index contributed by atoms with van der Waals surface area (Å²) < 4.78 is 4.73. The number of methoxy groups -OCH3 is 1. The van der Waals surface area contributed by atoms with Crippen LogP contribution >= 0.6 is 0 Å². The molecule has 0 saturated heterocycles. The van der Waals surface area contributed by atoms with E-state index in [2.05, 4.69) is 20.6 Å². The maximum atomic E-state index is 11.8. The molecule has 0 unspecified atom stereocenters. The molecule has 23 heavy (non-hydrogen) atoms. The Morgan fingerprint density at radius 2 is 1.96 bits per heavy atom. The Hall–Kier alpha value is -2.96. The summed E-state index contributed by atoms with van der Waals surface area (Å²) in [4.78, 5) is 31.7. The lowest BCUT2D eigenvalue weighted by Crippen LogP contribution is -2.25. The van der Waals surface area contributed by atoms with E-state index in [1.807, 2.05) is 6.92 Å². The van der Waals surface area contributed by atoms with Crippen LogP contribution in [0.1, 0.15) is 34.2 Å². The van der Waals surface area contributed by atoms with E-state index in [9.17, 15) is 9.59 Å². The second-order valence-electron chi connectivity index (χ2n) is 4.70. The molecule has 1 heterocycles. The number of nitrogens with one attached hydrogen (secondary N) is 2. The third kappa shape index (κ3) is 4.26. The van der Waals surface area contributed by atoms with E-state index in [-0.39, 0.29) is 11.6 Å². The minimum Gasteiger partial charge on any atom is -0.465 e. The average molecular weight is 314 g/mol. The van der Waals surface area contributed by atoms with Crippen LogP contribution < -0.4 is 10.6 Å². The standard InChI is InChI=1S/C16H18N4O3/c1-3-8-17-15(21)13-9-19-14(10-18-13)20-12-7-5-4-6-11(12)16(22)23-2/h4-7,9-10H,3,8H2,1-2H3,(H,17,21)(H,19,20). The van der Waals surface area contributed by atoms with E-state index in [0.717, 1.165) is 6.42 Å². The molecule has 7 heteroatoms. The van der Waals surface area contributed by atoms with Gasteiger partial charge in [-0.1, -0.05) is 19.1 Å². The molecule has 0 radical (unpaired) electrons. The van der Waals surface area contributed by atoms with Crippen molar-refractivity contribution in [3.63, 3.8) is 0 Å². The maximum Gasteiger partial charge on any atom is 0.339 e. The molecular formula is C16H18N4O3. The van der Waals surface area contributed by atoms with Crippen molar-refractivity contribution < 1.29 is 14.3 Å². The van der Waals surface area contributed by atoms with E-state index in [1.54, 1.807) is 24.3 Å². The molecule has 2 aromatic rings. The molecule has 0 saturated carbocycles. The molecule has 0 aliphatic rings. The first-order chi connectivity index (χ1) is 11.2. The SMILES string of the molecule is CCCNC(=O)c1cnc(Nc2ccccc2C(=O)OC)cn1. The Kier molecular flexibility index (Phi) is 5.62. The van der Waals surface area contributed by atoms with Gasteiger partial charge in [-0.15, -0.1) is 0 Å². The number of para-hydroxylation sites is 1. The highest BCUT2D eigenvalue weighted by Crippen LogP contribution is 2.19. The highest BCUT2D eigenvalue weighted by atomic mass is 16.5. The summed E-state index contributed by atoms with van der Waals surface area (Å²) in [5.74, 6) is -0.286. The van der Waals surface area contributed by atoms with Gasteiger partial charge in [-0.3, -0.25) is 4.79 Å². The lowest BCUT2D eigenvalue weighted by atomic mass is 10.2. The Bertz CT molecular complexity index is 686. The number of amides is 1. The Morgan fingerprint density at radius 3 is 2.61 bits per heavy atom. The van der Waals surface area contributed by atoms with Crippen molar-refractivity contribution in [1.82, 2.24) is 15.3 Å². The zero-order valence-electron chi connectivity index (χ0n) is 13.0. The highest BCUT2D eigenvalue weighted by molar-refractivity contribution is 5.96. The predicted octanol–water partition coefficient (Wildman–Crippen LogP) is 2.15. The fourth-order valence-electron chi connectivity index (χ4n) is 1.86. The summed E-state index contributed by atoms with van der Waals surface area (Å²) in [7, 11) is 1.32. The van der Waals surface area contributed by atoms with Gasteiger partial charge < -0.3 is 15.4 Å². The fourth-order valence-corrected chi connectivity index (χ4v) is 1.86. The normalized spacial score (nSPS) is 10.0. The summed E-state index contributed by atoms with van der Waals surface area (Å²) in [6, 6.07) is 6.91. The monoisotopic (exact) mass is 314 g/mol. The van der Waals surface area contributed by atoms with E-state index >= 15 is 0 Å². The number of hydrogen-bond donors (Lipinski definition) is 2. The Morgan fingerprint density at radius 1 is 1.17 bits per heavy atom. The lowest BCUT2D eigenvalue weighted by Gasteiger charge is -2.10. The molecule has 120 valence electrons. The number of ether oxygens (including phenoxy) is 1. The predicted molar refractivity (Wildman–Crippen MR) is 85.7 cm³/mol. The van der Waals surface area contributed by atoms with Crippen LogP contribution in [0.3, 0.4) is 0 Å². The minimum absolute atomic E-state index is 0.241. The average Bonchev–Trinajstić information content (AvgIpc) is 2.60. The third-order valence-electron chi connectivity index (χ3n) is 3.02. The largest absolute Gasteiger partial charge is 0.465 e. The van der Waals surface area contributed by atoms with Crippen molar-refractivity contribution in [2.75, 3.05) is 19.0 Å². The molecule has 1 aromatic heterocycles. The van der Waals surface area contributed by atoms with E-state index in [1.165, 1.54) is 19.5 Å². The summed E-state index contributed by atoms with van der Waals surface area (Å²) in [6.07, 6.45) is 3.67. The number of rotatable bonds is 6. The molecule has 0 bridgehead atoms. The van der Waals surface area contributed by atoms with Gasteiger partial charge in [0.2, 0.25) is 0 Å². The van der Waals surface area contributed by atoms with Crippen LogP contribution in [0.15, 0.2) is 36.7 Å². The zero-order valence-corrected chi connectivity index (χ0v) is 13.0. The van der Waals surface area contributed by atoms with Crippen LogP contribution in [0.25, 0.3) is 0 Å². The van der Waals surface area contributed by atoms with Gasteiger partial charge in [-0.25, -0.2) is 14.8 Å². The topological polar surface area (TPSA) is 93.2 Å². The van der Waals surface area contributed by atoms with Crippen LogP contribution in [-0.2, 0) is 4.74 Å². The lowest BCUT2D eigenvalue weighted by molar-refractivity contribution is 0.0601. The van der Waals surface area contributed by atoms with Gasteiger partial charge in [0, 0.05) is 6.54 Å². The molecule has 0 aliphatic carbocycles. The smallest absolute Gasteiger partial charge is 0.339 e. The quantitative estimate of drug-likeness (QED) is 0.794. The minimum atomic E-state index is -0.448. The van der Waals surface area contributed by atoms with Gasteiger partial charge >= 0.3 is 5.97 Å². The molecule has 7 nitrogen and oxygen atoms in total. The first kappa shape index (κ1) is 16.4. The van der Waals surface area contributed by atoms with Crippen molar-refractivity contribution >= 4 is 23.4 Å². The molecule has 1 amide bonds. The third-order valence-corrected chi connectivity index (χ3v) is 3.02. The van der Waals surface area contributed by atoms with E-state index in [4.69, 9.17) is 4.74 Å². The molecule has 0 atom stereocenters. The Balaban J connectivity index is 2.13. The van der Waals surface area contributed by atoms with Crippen LogP contribution in [0.5, 0.6) is 0 Å². The van der Waals surface area contributed by atoms with Crippen molar-refractivity contribution in [3.05, 3.63) is 47.9 Å². The van der Waals surface area contributed by atoms with Crippen molar-refractivity contribution in [2.45, 2.75) is 13.3 Å². The highest BCUT2D eigenvalue weighted by Gasteiger charge is 2.12. The molecule has 2 rings (SSSR count). The van der Waals surface area contributed by atoms with Gasteiger partial charge in [0.05, 0.1) is 30.8 Å². The van der Waals surface area contributed by atoms with Gasteiger partial charge in [-0.2, -0.15) is 0 Å². The number of carbonyl (C=O) groups is 2. The molecule has 1 aromatic carbocycles. The number of benzene rings is 1. The van der Waals surface area contributed by atoms with Crippen molar-refractivity contribution in [1.29, 1.82) is 0 Å². The van der Waals surface area contributed by atoms with Crippen LogP contribution in [-0.4, -0.2) is 35.5 Å². The van der Waals surface area contributed by atoms with Gasteiger partial charge in [0.1, 0.15) is 11.5 Å². The maximum absolute atomic E-state index is 11.8. The Labute approximate surface area is 134 Å². The molecule has 0 aliphatic heterocycles. The summed E-state index contributed by atoms with van der Waals surface area (Å²) in [6.45, 7) is 2.56. The number of nitrogens with zero attached hydrogens (tertiary/aromatic N) is 2. The van der Waals surface area contributed by atoms with Gasteiger partial charge in [0.15, 0.2) is 0 Å². The summed E-state index contributed by atoms with van der Waals surface area (Å²) in [5, 5.41) is 5.72. The number of carbonyl (C=O) groups excluding carboxylic acids is 2. The molecule has 0 spiro atoms. The number of esters is 1. The second kappa shape index (κ2) is 7.88. The molecule has 0 fully saturated rings.